The van der Waals surface area contributed by atoms with Gasteiger partial charge in [0.15, 0.2) is 0 Å². The third-order valence-electron chi connectivity index (χ3n) is 2.79. The average molecular weight is 168 g/mol. The molecule has 2 rings (SSSR count). The standard InChI is InChI=1S/C8H12N2S/c11-6-9-7-3-5-10-4-1-2-8(7)10/h7-8H,1-5H2. The summed E-state index contributed by atoms with van der Waals surface area (Å²) in [6, 6.07) is 1.17. The second-order valence-electron chi connectivity index (χ2n) is 3.32. The van der Waals surface area contributed by atoms with E-state index in [1.165, 1.54) is 32.4 Å². The van der Waals surface area contributed by atoms with E-state index in [1.54, 1.807) is 0 Å². The van der Waals surface area contributed by atoms with Crippen LogP contribution in [-0.2, 0) is 0 Å². The molecule has 2 atom stereocenters. The summed E-state index contributed by atoms with van der Waals surface area (Å²) in [7, 11) is 0. The van der Waals surface area contributed by atoms with Crippen molar-refractivity contribution in [3.05, 3.63) is 0 Å². The van der Waals surface area contributed by atoms with Crippen LogP contribution in [0.15, 0.2) is 4.99 Å². The summed E-state index contributed by atoms with van der Waals surface area (Å²) < 4.78 is 0. The Kier molecular flexibility index (Phi) is 2.03. The summed E-state index contributed by atoms with van der Waals surface area (Å²) in [6.07, 6.45) is 3.84. The fraction of sp³-hybridized carbons (Fsp3) is 0.875. The lowest BCUT2D eigenvalue weighted by Crippen LogP contribution is -2.27. The molecule has 0 aromatic rings. The van der Waals surface area contributed by atoms with Crippen molar-refractivity contribution in [1.82, 2.24) is 4.90 Å². The lowest BCUT2D eigenvalue weighted by atomic mass is 10.1. The van der Waals surface area contributed by atoms with Crippen LogP contribution in [0.2, 0.25) is 0 Å². The van der Waals surface area contributed by atoms with Gasteiger partial charge in [0.05, 0.1) is 11.2 Å². The van der Waals surface area contributed by atoms with Crippen LogP contribution in [0.1, 0.15) is 19.3 Å². The Morgan fingerprint density at radius 3 is 3.09 bits per heavy atom. The number of nitrogens with zero attached hydrogens (tertiary/aromatic N) is 2. The van der Waals surface area contributed by atoms with Gasteiger partial charge in [0.2, 0.25) is 0 Å². The zero-order valence-corrected chi connectivity index (χ0v) is 7.31. The molecule has 0 radical (unpaired) electrons. The predicted molar refractivity (Wildman–Crippen MR) is 48.0 cm³/mol. The van der Waals surface area contributed by atoms with Crippen molar-refractivity contribution in [2.45, 2.75) is 31.3 Å². The van der Waals surface area contributed by atoms with Crippen LogP contribution in [-0.4, -0.2) is 35.2 Å². The van der Waals surface area contributed by atoms with Gasteiger partial charge in [-0.15, -0.1) is 0 Å². The summed E-state index contributed by atoms with van der Waals surface area (Å²) in [4.78, 5) is 6.72. The van der Waals surface area contributed by atoms with Gasteiger partial charge >= 0.3 is 0 Å². The van der Waals surface area contributed by atoms with Gasteiger partial charge < -0.3 is 0 Å². The Bertz CT molecular complexity index is 198. The highest BCUT2D eigenvalue weighted by molar-refractivity contribution is 7.78. The molecule has 0 amide bonds. The smallest absolute Gasteiger partial charge is 0.0770 e. The van der Waals surface area contributed by atoms with Gasteiger partial charge in [-0.2, -0.15) is 0 Å². The number of hydrogen-bond donors (Lipinski definition) is 0. The number of hydrogen-bond acceptors (Lipinski definition) is 3. The van der Waals surface area contributed by atoms with Crippen molar-refractivity contribution < 1.29 is 0 Å². The molecule has 0 spiro atoms. The largest absolute Gasteiger partial charge is 0.298 e. The average Bonchev–Trinajstić information content (AvgIpc) is 2.53. The predicted octanol–water partition coefficient (Wildman–Crippen LogP) is 1.33. The molecule has 3 heteroatoms. The molecule has 11 heavy (non-hydrogen) atoms. The topological polar surface area (TPSA) is 15.6 Å². The Hall–Kier alpha value is -0.240. The third kappa shape index (κ3) is 1.24. The van der Waals surface area contributed by atoms with Crippen LogP contribution in [0, 0.1) is 0 Å². The van der Waals surface area contributed by atoms with Crippen molar-refractivity contribution in [3.8, 4) is 0 Å². The van der Waals surface area contributed by atoms with Gasteiger partial charge in [-0.05, 0) is 38.0 Å². The van der Waals surface area contributed by atoms with E-state index in [0.29, 0.717) is 12.1 Å². The summed E-state index contributed by atoms with van der Waals surface area (Å²) in [5.74, 6) is 0. The van der Waals surface area contributed by atoms with E-state index in [-0.39, 0.29) is 0 Å². The maximum atomic E-state index is 4.61. The highest BCUT2D eigenvalue weighted by Gasteiger charge is 2.36. The van der Waals surface area contributed by atoms with Gasteiger partial charge in [-0.25, -0.2) is 4.99 Å². The van der Waals surface area contributed by atoms with E-state index in [4.69, 9.17) is 0 Å². The van der Waals surface area contributed by atoms with Gasteiger partial charge in [-0.3, -0.25) is 4.90 Å². The van der Waals surface area contributed by atoms with E-state index in [2.05, 4.69) is 27.3 Å². The Morgan fingerprint density at radius 1 is 1.36 bits per heavy atom. The van der Waals surface area contributed by atoms with Crippen LogP contribution in [0.3, 0.4) is 0 Å². The molecule has 0 aliphatic carbocycles. The van der Waals surface area contributed by atoms with E-state index < -0.39 is 0 Å². The van der Waals surface area contributed by atoms with E-state index in [9.17, 15) is 0 Å². The molecule has 60 valence electrons. The number of thiocarbonyl (C=S) groups is 1. The first kappa shape index (κ1) is 7.41. The summed E-state index contributed by atoms with van der Waals surface area (Å²) in [5, 5.41) is 2.50. The molecule has 2 aliphatic heterocycles. The number of rotatable bonds is 1. The minimum atomic E-state index is 0.468. The van der Waals surface area contributed by atoms with Gasteiger partial charge in [0.25, 0.3) is 0 Å². The SMILES string of the molecule is S=C=NC1CCN2CCCC12. The molecule has 0 aromatic carbocycles. The van der Waals surface area contributed by atoms with E-state index in [0.717, 1.165) is 0 Å². The highest BCUT2D eigenvalue weighted by atomic mass is 32.1. The van der Waals surface area contributed by atoms with Crippen LogP contribution >= 0.6 is 12.2 Å². The van der Waals surface area contributed by atoms with Crippen molar-refractivity contribution in [1.29, 1.82) is 0 Å². The minimum absolute atomic E-state index is 0.468. The van der Waals surface area contributed by atoms with Gasteiger partial charge in [0, 0.05) is 12.6 Å². The Balaban J connectivity index is 2.08. The first-order chi connectivity index (χ1) is 5.42. The third-order valence-corrected chi connectivity index (χ3v) is 2.89. The quantitative estimate of drug-likeness (QED) is 0.433. The van der Waals surface area contributed by atoms with Crippen LogP contribution < -0.4 is 0 Å². The molecule has 2 unspecified atom stereocenters. The fourth-order valence-corrected chi connectivity index (χ4v) is 2.41. The van der Waals surface area contributed by atoms with Crippen LogP contribution in [0.25, 0.3) is 0 Å². The summed E-state index contributed by atoms with van der Waals surface area (Å²) >= 11 is 4.61. The van der Waals surface area contributed by atoms with E-state index in [1.807, 2.05) is 0 Å². The Morgan fingerprint density at radius 2 is 2.27 bits per heavy atom. The molecule has 0 bridgehead atoms. The lowest BCUT2D eigenvalue weighted by Gasteiger charge is -2.15. The lowest BCUT2D eigenvalue weighted by molar-refractivity contribution is 0.315. The summed E-state index contributed by atoms with van der Waals surface area (Å²) in [5.41, 5.74) is 0. The van der Waals surface area contributed by atoms with Crippen molar-refractivity contribution >= 4 is 17.4 Å². The van der Waals surface area contributed by atoms with Crippen LogP contribution in [0.4, 0.5) is 0 Å². The molecule has 2 aliphatic rings. The molecule has 0 aromatic heterocycles. The van der Waals surface area contributed by atoms with Gasteiger partial charge in [-0.1, -0.05) is 0 Å². The maximum Gasteiger partial charge on any atom is 0.0770 e. The zero-order valence-electron chi connectivity index (χ0n) is 6.49. The molecule has 2 nitrogen and oxygen atoms in total. The zero-order chi connectivity index (χ0) is 7.68. The maximum absolute atomic E-state index is 4.61. The van der Waals surface area contributed by atoms with Crippen molar-refractivity contribution in [2.75, 3.05) is 13.1 Å². The molecular formula is C8H12N2S. The first-order valence-electron chi connectivity index (χ1n) is 4.23. The normalized spacial score (nSPS) is 36.7. The highest BCUT2D eigenvalue weighted by Crippen LogP contribution is 2.29. The minimum Gasteiger partial charge on any atom is -0.298 e. The second-order valence-corrected chi connectivity index (χ2v) is 3.50. The molecule has 0 saturated carbocycles. The summed E-state index contributed by atoms with van der Waals surface area (Å²) in [6.45, 7) is 2.49. The molecule has 2 fully saturated rings. The van der Waals surface area contributed by atoms with Crippen LogP contribution in [0.5, 0.6) is 0 Å². The van der Waals surface area contributed by atoms with Crippen molar-refractivity contribution in [3.63, 3.8) is 0 Å². The Labute approximate surface area is 72.3 Å². The number of isothiocyanates is 1. The van der Waals surface area contributed by atoms with E-state index >= 15 is 0 Å². The monoisotopic (exact) mass is 168 g/mol. The molecule has 0 N–H and O–H groups in total. The molecular weight excluding hydrogens is 156 g/mol. The van der Waals surface area contributed by atoms with Gasteiger partial charge in [0.1, 0.15) is 0 Å². The number of fused-ring (bicyclic) bond motifs is 1. The number of aliphatic imine (C=N–C) groups is 1. The first-order valence-corrected chi connectivity index (χ1v) is 4.63. The molecule has 2 saturated heterocycles. The van der Waals surface area contributed by atoms with Crippen molar-refractivity contribution in [2.24, 2.45) is 4.99 Å². The molecule has 2 heterocycles. The fourth-order valence-electron chi connectivity index (χ4n) is 2.27. The second kappa shape index (κ2) is 3.02.